The molecule has 0 saturated carbocycles. The van der Waals surface area contributed by atoms with Gasteiger partial charge in [0.05, 0.1) is 5.69 Å². The van der Waals surface area contributed by atoms with Crippen molar-refractivity contribution in [2.45, 2.75) is 40.0 Å². The van der Waals surface area contributed by atoms with E-state index in [9.17, 15) is 0 Å². The number of aromatic nitrogens is 1. The monoisotopic (exact) mass is 281 g/mol. The van der Waals surface area contributed by atoms with Gasteiger partial charge in [0.25, 0.3) is 0 Å². The Labute approximate surface area is 120 Å². The summed E-state index contributed by atoms with van der Waals surface area (Å²) in [5, 5.41) is 1.13. The quantitative estimate of drug-likeness (QED) is 0.705. The molecule has 1 heterocycles. The summed E-state index contributed by atoms with van der Waals surface area (Å²) in [5.41, 5.74) is 3.95. The maximum atomic E-state index is 4.59. The van der Waals surface area contributed by atoms with Gasteiger partial charge >= 0.3 is 0 Å². The summed E-state index contributed by atoms with van der Waals surface area (Å²) in [5.74, 6) is 0. The van der Waals surface area contributed by atoms with Gasteiger partial charge in [-0.2, -0.15) is 0 Å². The summed E-state index contributed by atoms with van der Waals surface area (Å²) in [4.78, 5) is 5.90. The lowest BCUT2D eigenvalue weighted by Gasteiger charge is -2.18. The Hall–Kier alpha value is -0.860. The first-order chi connectivity index (χ1) is 7.88. The first-order valence-corrected chi connectivity index (χ1v) is 6.74. The van der Waals surface area contributed by atoms with Crippen LogP contribution in [-0.4, -0.2) is 4.98 Å². The molecule has 3 heteroatoms. The number of thiazole rings is 1. The van der Waals surface area contributed by atoms with E-state index in [1.165, 1.54) is 16.0 Å². The smallest absolute Gasteiger partial charge is 0.123 e. The molecule has 0 amide bonds. The van der Waals surface area contributed by atoms with Crippen molar-refractivity contribution in [1.29, 1.82) is 0 Å². The third-order valence-corrected chi connectivity index (χ3v) is 4.15. The van der Waals surface area contributed by atoms with Crippen LogP contribution in [0.1, 0.15) is 36.9 Å². The van der Waals surface area contributed by atoms with E-state index in [1.54, 1.807) is 11.3 Å². The van der Waals surface area contributed by atoms with Gasteiger partial charge in [-0.3, -0.25) is 0 Å². The fourth-order valence-electron chi connectivity index (χ4n) is 1.71. The highest BCUT2D eigenvalue weighted by molar-refractivity contribution is 7.15. The van der Waals surface area contributed by atoms with Gasteiger partial charge in [-0.15, -0.1) is 23.7 Å². The van der Waals surface area contributed by atoms with Crippen molar-refractivity contribution in [2.75, 3.05) is 0 Å². The molecule has 0 unspecified atom stereocenters. The van der Waals surface area contributed by atoms with Gasteiger partial charge in [0.15, 0.2) is 0 Å². The fraction of sp³-hybridized carbons (Fsp3) is 0.400. The van der Waals surface area contributed by atoms with E-state index in [-0.39, 0.29) is 17.8 Å². The van der Waals surface area contributed by atoms with Gasteiger partial charge in [-0.1, -0.05) is 45.0 Å². The van der Waals surface area contributed by atoms with Crippen molar-refractivity contribution in [3.8, 4) is 10.6 Å². The molecule has 2 rings (SSSR count). The molecule has 0 saturated heterocycles. The Kier molecular flexibility index (Phi) is 4.57. The number of benzene rings is 1. The largest absolute Gasteiger partial charge is 0.241 e. The number of hydrogen-bond acceptors (Lipinski definition) is 2. The second kappa shape index (κ2) is 5.41. The van der Waals surface area contributed by atoms with Gasteiger partial charge in [0.1, 0.15) is 5.01 Å². The van der Waals surface area contributed by atoms with Gasteiger partial charge in [0, 0.05) is 10.4 Å². The van der Waals surface area contributed by atoms with Crippen LogP contribution in [0.5, 0.6) is 0 Å². The predicted molar refractivity (Wildman–Crippen MR) is 83.0 cm³/mol. The lowest BCUT2D eigenvalue weighted by molar-refractivity contribution is 0.590. The molecule has 0 atom stereocenters. The van der Waals surface area contributed by atoms with Gasteiger partial charge in [-0.25, -0.2) is 4.98 Å². The number of aryl methyl sites for hydroxylation is 2. The summed E-state index contributed by atoms with van der Waals surface area (Å²) < 4.78 is 0. The summed E-state index contributed by atoms with van der Waals surface area (Å²) in [6, 6.07) is 8.78. The van der Waals surface area contributed by atoms with E-state index in [0.29, 0.717) is 0 Å². The Balaban J connectivity index is 0.00000162. The second-order valence-corrected chi connectivity index (χ2v) is 6.69. The highest BCUT2D eigenvalue weighted by Gasteiger charge is 2.13. The molecule has 1 nitrogen and oxygen atoms in total. The topological polar surface area (TPSA) is 12.9 Å². The van der Waals surface area contributed by atoms with E-state index < -0.39 is 0 Å². The highest BCUT2D eigenvalue weighted by Crippen LogP contribution is 2.29. The zero-order valence-corrected chi connectivity index (χ0v) is 13.2. The first-order valence-electron chi connectivity index (χ1n) is 5.93. The molecule has 18 heavy (non-hydrogen) atoms. The highest BCUT2D eigenvalue weighted by atomic mass is 35.5. The van der Waals surface area contributed by atoms with Gasteiger partial charge < -0.3 is 0 Å². The van der Waals surface area contributed by atoms with Crippen LogP contribution < -0.4 is 0 Å². The van der Waals surface area contributed by atoms with Crippen LogP contribution in [0, 0.1) is 13.8 Å². The van der Waals surface area contributed by atoms with Gasteiger partial charge in [0.2, 0.25) is 0 Å². The minimum atomic E-state index is 0. The lowest BCUT2D eigenvalue weighted by atomic mass is 9.87. The third-order valence-electron chi connectivity index (χ3n) is 3.03. The number of halogens is 1. The molecule has 1 aromatic heterocycles. The van der Waals surface area contributed by atoms with Gasteiger partial charge in [-0.05, 0) is 24.8 Å². The molecule has 0 bridgehead atoms. The molecule has 98 valence electrons. The molecule has 0 aliphatic carbocycles. The lowest BCUT2D eigenvalue weighted by Crippen LogP contribution is -2.10. The zero-order valence-electron chi connectivity index (χ0n) is 11.6. The molecule has 0 spiro atoms. The van der Waals surface area contributed by atoms with Crippen LogP contribution in [0.25, 0.3) is 10.6 Å². The Morgan fingerprint density at radius 3 is 1.94 bits per heavy atom. The molecule has 0 radical (unpaired) electrons. The SMILES string of the molecule is Cc1nc(-c2ccc(C(C)(C)C)cc2)sc1C.Cl. The van der Waals surface area contributed by atoms with E-state index in [2.05, 4.69) is 63.9 Å². The van der Waals surface area contributed by atoms with Crippen LogP contribution in [0.4, 0.5) is 0 Å². The van der Waals surface area contributed by atoms with Crippen molar-refractivity contribution < 1.29 is 0 Å². The molecule has 1 aromatic carbocycles. The molecule has 0 aliphatic rings. The predicted octanol–water partition coefficient (Wildman–Crippen LogP) is 5.15. The third kappa shape index (κ3) is 3.12. The average molecular weight is 282 g/mol. The van der Waals surface area contributed by atoms with E-state index in [4.69, 9.17) is 0 Å². The summed E-state index contributed by atoms with van der Waals surface area (Å²) in [6.07, 6.45) is 0. The van der Waals surface area contributed by atoms with Crippen LogP contribution in [0.2, 0.25) is 0 Å². The summed E-state index contributed by atoms with van der Waals surface area (Å²) >= 11 is 1.77. The zero-order chi connectivity index (χ0) is 12.6. The van der Waals surface area contributed by atoms with E-state index in [0.717, 1.165) is 10.7 Å². The van der Waals surface area contributed by atoms with Crippen LogP contribution in [0.15, 0.2) is 24.3 Å². The summed E-state index contributed by atoms with van der Waals surface area (Å²) in [7, 11) is 0. The number of nitrogens with zero attached hydrogens (tertiary/aromatic N) is 1. The first kappa shape index (κ1) is 15.2. The Morgan fingerprint density at radius 1 is 1.00 bits per heavy atom. The van der Waals surface area contributed by atoms with Crippen molar-refractivity contribution >= 4 is 23.7 Å². The fourth-order valence-corrected chi connectivity index (χ4v) is 2.63. The molecule has 0 N–H and O–H groups in total. The van der Waals surface area contributed by atoms with E-state index in [1.807, 2.05) is 0 Å². The van der Waals surface area contributed by atoms with Crippen LogP contribution in [0.3, 0.4) is 0 Å². The maximum Gasteiger partial charge on any atom is 0.123 e. The molecule has 0 fully saturated rings. The molecular formula is C15H20ClNS. The van der Waals surface area contributed by atoms with Crippen molar-refractivity contribution in [3.05, 3.63) is 40.4 Å². The van der Waals surface area contributed by atoms with E-state index >= 15 is 0 Å². The normalized spacial score (nSPS) is 11.2. The molecular weight excluding hydrogens is 262 g/mol. The minimum Gasteiger partial charge on any atom is -0.241 e. The Bertz CT molecular complexity index is 501. The second-order valence-electron chi connectivity index (χ2n) is 5.49. The van der Waals surface area contributed by atoms with Crippen LogP contribution >= 0.6 is 23.7 Å². The standard InChI is InChI=1S/C15H19NS.ClH/c1-10-11(2)17-14(16-10)12-6-8-13(9-7-12)15(3,4)5;/h6-9H,1-5H3;1H. The summed E-state index contributed by atoms with van der Waals surface area (Å²) in [6.45, 7) is 10.9. The van der Waals surface area contributed by atoms with Crippen molar-refractivity contribution in [2.24, 2.45) is 0 Å². The average Bonchev–Trinajstić information content (AvgIpc) is 2.58. The van der Waals surface area contributed by atoms with Crippen molar-refractivity contribution in [3.63, 3.8) is 0 Å². The van der Waals surface area contributed by atoms with Crippen molar-refractivity contribution in [1.82, 2.24) is 4.98 Å². The number of rotatable bonds is 1. The van der Waals surface area contributed by atoms with Crippen LogP contribution in [-0.2, 0) is 5.41 Å². The molecule has 0 aliphatic heterocycles. The number of hydrogen-bond donors (Lipinski definition) is 0. The Morgan fingerprint density at radius 2 is 1.56 bits per heavy atom. The maximum absolute atomic E-state index is 4.59. The molecule has 2 aromatic rings. The minimum absolute atomic E-state index is 0.